The minimum atomic E-state index is -3.28. The fourth-order valence-corrected chi connectivity index (χ4v) is 2.68. The number of nitrogens with zero attached hydrogens (tertiary/aromatic N) is 1. The second kappa shape index (κ2) is 6.80. The van der Waals surface area contributed by atoms with Gasteiger partial charge in [0.25, 0.3) is 0 Å². The summed E-state index contributed by atoms with van der Waals surface area (Å²) in [5.41, 5.74) is 0. The Kier molecular flexibility index (Phi) is 6.50. The smallest absolute Gasteiger partial charge is 0.212 e. The molecule has 0 bridgehead atoms. The summed E-state index contributed by atoms with van der Waals surface area (Å²) in [5.74, 6) is 0. The van der Waals surface area contributed by atoms with Crippen molar-refractivity contribution in [3.63, 3.8) is 0 Å². The van der Waals surface area contributed by atoms with Crippen molar-refractivity contribution >= 4 is 10.0 Å². The van der Waals surface area contributed by atoms with Crippen LogP contribution < -0.4 is 4.72 Å². The van der Waals surface area contributed by atoms with Gasteiger partial charge in [0.1, 0.15) is 0 Å². The summed E-state index contributed by atoms with van der Waals surface area (Å²) >= 11 is 0. The molecule has 0 aliphatic rings. The van der Waals surface area contributed by atoms with Crippen LogP contribution in [0.3, 0.4) is 0 Å². The van der Waals surface area contributed by atoms with Crippen molar-refractivity contribution in [1.82, 2.24) is 4.72 Å². The van der Waals surface area contributed by atoms with E-state index in [4.69, 9.17) is 5.26 Å². The van der Waals surface area contributed by atoms with Crippen molar-refractivity contribution in [2.24, 2.45) is 0 Å². The predicted molar refractivity (Wildman–Crippen MR) is 56.1 cm³/mol. The molecule has 1 atom stereocenters. The summed E-state index contributed by atoms with van der Waals surface area (Å²) in [6.07, 6.45) is 3.17. The van der Waals surface area contributed by atoms with E-state index in [0.717, 1.165) is 12.8 Å². The molecule has 0 saturated heterocycles. The Bertz CT molecular complexity index is 280. The third kappa shape index (κ3) is 4.58. The first-order valence-corrected chi connectivity index (χ1v) is 6.48. The maximum atomic E-state index is 11.6. The molecule has 1 N–H and O–H groups in total. The molecule has 0 aromatic rings. The molecule has 14 heavy (non-hydrogen) atoms. The monoisotopic (exact) mass is 218 g/mol. The van der Waals surface area contributed by atoms with Crippen LogP contribution in [0.1, 0.15) is 39.5 Å². The Hall–Kier alpha value is -0.600. The minimum Gasteiger partial charge on any atom is -0.212 e. The Morgan fingerprint density at radius 1 is 1.43 bits per heavy atom. The summed E-state index contributed by atoms with van der Waals surface area (Å²) in [7, 11) is -3.28. The van der Waals surface area contributed by atoms with Crippen LogP contribution in [-0.4, -0.2) is 20.2 Å². The SMILES string of the molecule is CCCCC(CC)S(=O)(=O)NCC#N. The number of hydrogen-bond acceptors (Lipinski definition) is 3. The number of nitrogens with one attached hydrogen (secondary N) is 1. The summed E-state index contributed by atoms with van der Waals surface area (Å²) in [4.78, 5) is 0. The van der Waals surface area contributed by atoms with Crippen LogP contribution in [0.5, 0.6) is 0 Å². The van der Waals surface area contributed by atoms with Crippen LogP contribution in [0.15, 0.2) is 0 Å². The van der Waals surface area contributed by atoms with Gasteiger partial charge in [-0.3, -0.25) is 0 Å². The van der Waals surface area contributed by atoms with E-state index in [9.17, 15) is 8.42 Å². The fraction of sp³-hybridized carbons (Fsp3) is 0.889. The van der Waals surface area contributed by atoms with Gasteiger partial charge in [0.05, 0.1) is 17.9 Å². The summed E-state index contributed by atoms with van der Waals surface area (Å²) in [5, 5.41) is 7.93. The molecule has 0 radical (unpaired) electrons. The normalized spacial score (nSPS) is 13.5. The molecule has 82 valence electrons. The van der Waals surface area contributed by atoms with Crippen molar-refractivity contribution in [3.8, 4) is 6.07 Å². The fourth-order valence-electron chi connectivity index (χ4n) is 1.26. The quantitative estimate of drug-likeness (QED) is 0.657. The van der Waals surface area contributed by atoms with Crippen LogP contribution in [0.25, 0.3) is 0 Å². The Balaban J connectivity index is 4.27. The number of rotatable bonds is 7. The number of hydrogen-bond donors (Lipinski definition) is 1. The first-order valence-electron chi connectivity index (χ1n) is 4.93. The van der Waals surface area contributed by atoms with Gasteiger partial charge in [-0.2, -0.15) is 5.26 Å². The number of unbranched alkanes of at least 4 members (excludes halogenated alkanes) is 1. The van der Waals surface area contributed by atoms with Crippen LogP contribution in [-0.2, 0) is 10.0 Å². The Morgan fingerprint density at radius 3 is 2.50 bits per heavy atom. The van der Waals surface area contributed by atoms with Crippen molar-refractivity contribution in [1.29, 1.82) is 5.26 Å². The highest BCUT2D eigenvalue weighted by atomic mass is 32.2. The highest BCUT2D eigenvalue weighted by molar-refractivity contribution is 7.90. The molecule has 0 aliphatic heterocycles. The molecule has 0 spiro atoms. The van der Waals surface area contributed by atoms with E-state index in [1.165, 1.54) is 0 Å². The third-order valence-corrected chi connectivity index (χ3v) is 4.12. The first-order chi connectivity index (χ1) is 6.58. The Morgan fingerprint density at radius 2 is 2.07 bits per heavy atom. The summed E-state index contributed by atoms with van der Waals surface area (Å²) in [6.45, 7) is 3.75. The standard InChI is InChI=1S/C9H18N2O2S/c1-3-5-6-9(4-2)14(12,13)11-8-7-10/h9,11H,3-6,8H2,1-2H3. The van der Waals surface area contributed by atoms with Crippen LogP contribution >= 0.6 is 0 Å². The van der Waals surface area contributed by atoms with Gasteiger partial charge in [0.2, 0.25) is 10.0 Å². The van der Waals surface area contributed by atoms with Crippen LogP contribution in [0.4, 0.5) is 0 Å². The lowest BCUT2D eigenvalue weighted by Crippen LogP contribution is -2.34. The molecule has 5 heteroatoms. The van der Waals surface area contributed by atoms with Gasteiger partial charge in [-0.15, -0.1) is 0 Å². The highest BCUT2D eigenvalue weighted by Gasteiger charge is 2.22. The van der Waals surface area contributed by atoms with Crippen molar-refractivity contribution in [2.75, 3.05) is 6.54 Å². The van der Waals surface area contributed by atoms with Gasteiger partial charge in [-0.25, -0.2) is 13.1 Å². The second-order valence-electron chi connectivity index (χ2n) is 3.20. The highest BCUT2D eigenvalue weighted by Crippen LogP contribution is 2.12. The van der Waals surface area contributed by atoms with E-state index >= 15 is 0 Å². The predicted octanol–water partition coefficient (Wildman–Crippen LogP) is 1.40. The van der Waals surface area contributed by atoms with Crippen molar-refractivity contribution in [2.45, 2.75) is 44.8 Å². The van der Waals surface area contributed by atoms with Gasteiger partial charge >= 0.3 is 0 Å². The second-order valence-corrected chi connectivity index (χ2v) is 5.24. The topological polar surface area (TPSA) is 70.0 Å². The molecule has 0 aromatic heterocycles. The van der Waals surface area contributed by atoms with Crippen molar-refractivity contribution in [3.05, 3.63) is 0 Å². The molecule has 0 aromatic carbocycles. The van der Waals surface area contributed by atoms with E-state index in [0.29, 0.717) is 12.8 Å². The largest absolute Gasteiger partial charge is 0.215 e. The van der Waals surface area contributed by atoms with E-state index in [1.807, 2.05) is 13.8 Å². The molecular formula is C9H18N2O2S. The van der Waals surface area contributed by atoms with Crippen molar-refractivity contribution < 1.29 is 8.42 Å². The molecule has 0 rings (SSSR count). The van der Waals surface area contributed by atoms with Crippen LogP contribution in [0.2, 0.25) is 0 Å². The molecular weight excluding hydrogens is 200 g/mol. The van der Waals surface area contributed by atoms with Gasteiger partial charge in [0.15, 0.2) is 0 Å². The number of sulfonamides is 1. The molecule has 0 heterocycles. The minimum absolute atomic E-state index is 0.134. The molecule has 0 fully saturated rings. The van der Waals surface area contributed by atoms with Crippen LogP contribution in [0, 0.1) is 11.3 Å². The zero-order valence-electron chi connectivity index (χ0n) is 8.78. The van der Waals surface area contributed by atoms with E-state index in [2.05, 4.69) is 4.72 Å². The lowest BCUT2D eigenvalue weighted by Gasteiger charge is -2.14. The molecule has 0 amide bonds. The van der Waals surface area contributed by atoms with E-state index < -0.39 is 10.0 Å². The molecule has 4 nitrogen and oxygen atoms in total. The summed E-state index contributed by atoms with van der Waals surface area (Å²) in [6, 6.07) is 1.77. The van der Waals surface area contributed by atoms with E-state index in [-0.39, 0.29) is 11.8 Å². The summed E-state index contributed by atoms with van der Waals surface area (Å²) < 4.78 is 25.4. The maximum absolute atomic E-state index is 11.6. The average molecular weight is 218 g/mol. The van der Waals surface area contributed by atoms with Gasteiger partial charge in [-0.1, -0.05) is 26.7 Å². The third-order valence-electron chi connectivity index (χ3n) is 2.13. The first kappa shape index (κ1) is 13.4. The lowest BCUT2D eigenvalue weighted by molar-refractivity contribution is 0.548. The zero-order chi connectivity index (χ0) is 11.0. The number of nitriles is 1. The molecule has 0 aliphatic carbocycles. The van der Waals surface area contributed by atoms with Gasteiger partial charge in [0, 0.05) is 0 Å². The maximum Gasteiger partial charge on any atom is 0.215 e. The average Bonchev–Trinajstić information content (AvgIpc) is 2.16. The lowest BCUT2D eigenvalue weighted by atomic mass is 10.2. The van der Waals surface area contributed by atoms with E-state index in [1.54, 1.807) is 6.07 Å². The Labute approximate surface area is 86.4 Å². The van der Waals surface area contributed by atoms with Gasteiger partial charge in [-0.05, 0) is 12.8 Å². The van der Waals surface area contributed by atoms with Gasteiger partial charge < -0.3 is 0 Å². The molecule has 1 unspecified atom stereocenters. The zero-order valence-corrected chi connectivity index (χ0v) is 9.60. The molecule has 0 saturated carbocycles.